The van der Waals surface area contributed by atoms with Crippen molar-refractivity contribution >= 4 is 46.4 Å². The van der Waals surface area contributed by atoms with Gasteiger partial charge in [0.1, 0.15) is 0 Å². The van der Waals surface area contributed by atoms with Gasteiger partial charge in [-0.1, -0.05) is 53.5 Å². The van der Waals surface area contributed by atoms with Crippen molar-refractivity contribution in [1.82, 2.24) is 5.43 Å². The van der Waals surface area contributed by atoms with Crippen LogP contribution < -0.4 is 10.7 Å². The average molecular weight is 392 g/mol. The topological polar surface area (TPSA) is 70.6 Å². The molecule has 0 fully saturated rings. The number of nitrogens with one attached hydrogen (secondary N) is 2. The number of hydrogen-bond acceptors (Lipinski definition) is 3. The summed E-state index contributed by atoms with van der Waals surface area (Å²) in [4.78, 5) is 23.9. The number of nitrogens with zero attached hydrogens (tertiary/aromatic N) is 1. The number of benzene rings is 2. The van der Waals surface area contributed by atoms with Gasteiger partial charge in [-0.2, -0.15) is 5.10 Å². The molecule has 0 radical (unpaired) electrons. The minimum absolute atomic E-state index is 0.0296. The van der Waals surface area contributed by atoms with Crippen molar-refractivity contribution in [2.75, 3.05) is 5.32 Å². The standard InChI is InChI=1S/C19H19Cl2N3O2/c1-13(11-19(26)22-17-12-15(20)8-9-16(17)21)23-24-18(25)10-7-14-5-3-2-4-6-14/h2-6,8-9,12H,7,10-11H2,1H3,(H,22,26)(H,24,25). The van der Waals surface area contributed by atoms with Crippen molar-refractivity contribution in [2.45, 2.75) is 26.2 Å². The van der Waals surface area contributed by atoms with Crippen LogP contribution in [0.3, 0.4) is 0 Å². The van der Waals surface area contributed by atoms with Crippen LogP contribution >= 0.6 is 23.2 Å². The number of carbonyl (C=O) groups excluding carboxylic acids is 2. The molecule has 7 heteroatoms. The lowest BCUT2D eigenvalue weighted by molar-refractivity contribution is -0.121. The number of hydrogen-bond donors (Lipinski definition) is 2. The first-order chi connectivity index (χ1) is 12.4. The monoisotopic (exact) mass is 391 g/mol. The molecule has 0 unspecified atom stereocenters. The smallest absolute Gasteiger partial charge is 0.240 e. The maximum atomic E-state index is 12.0. The van der Waals surface area contributed by atoms with Crippen LogP contribution in [0.1, 0.15) is 25.3 Å². The highest BCUT2D eigenvalue weighted by Crippen LogP contribution is 2.25. The number of amides is 2. The molecule has 2 rings (SSSR count). The summed E-state index contributed by atoms with van der Waals surface area (Å²) < 4.78 is 0. The van der Waals surface area contributed by atoms with Gasteiger partial charge < -0.3 is 5.32 Å². The predicted molar refractivity (Wildman–Crippen MR) is 106 cm³/mol. The fourth-order valence-electron chi connectivity index (χ4n) is 2.18. The van der Waals surface area contributed by atoms with Crippen LogP contribution in [0.25, 0.3) is 0 Å². The molecule has 2 N–H and O–H groups in total. The summed E-state index contributed by atoms with van der Waals surface area (Å²) >= 11 is 11.9. The molecule has 0 heterocycles. The second-order valence-corrected chi connectivity index (χ2v) is 6.56. The Labute approximate surface area is 162 Å². The number of hydrazone groups is 1. The van der Waals surface area contributed by atoms with E-state index in [1.165, 1.54) is 0 Å². The highest BCUT2D eigenvalue weighted by Gasteiger charge is 2.09. The summed E-state index contributed by atoms with van der Waals surface area (Å²) in [6.07, 6.45) is 0.988. The minimum Gasteiger partial charge on any atom is -0.324 e. The summed E-state index contributed by atoms with van der Waals surface area (Å²) in [5.41, 5.74) is 4.46. The summed E-state index contributed by atoms with van der Waals surface area (Å²) in [7, 11) is 0. The zero-order valence-electron chi connectivity index (χ0n) is 14.3. The molecule has 0 aromatic heterocycles. The number of aryl methyl sites for hydroxylation is 1. The maximum absolute atomic E-state index is 12.0. The summed E-state index contributed by atoms with van der Waals surface area (Å²) in [5, 5.41) is 7.49. The first-order valence-corrected chi connectivity index (χ1v) is 8.80. The van der Waals surface area contributed by atoms with Gasteiger partial charge in [0.15, 0.2) is 0 Å². The number of anilines is 1. The van der Waals surface area contributed by atoms with E-state index in [1.807, 2.05) is 30.3 Å². The summed E-state index contributed by atoms with van der Waals surface area (Å²) in [6, 6.07) is 14.5. The van der Waals surface area contributed by atoms with Crippen LogP contribution in [0.4, 0.5) is 5.69 Å². The Bertz CT molecular complexity index is 808. The van der Waals surface area contributed by atoms with Gasteiger partial charge in [0.25, 0.3) is 0 Å². The molecule has 0 spiro atoms. The van der Waals surface area contributed by atoms with Gasteiger partial charge in [-0.25, -0.2) is 5.43 Å². The lowest BCUT2D eigenvalue weighted by Crippen LogP contribution is -2.21. The fraction of sp³-hybridized carbons (Fsp3) is 0.211. The van der Waals surface area contributed by atoms with Gasteiger partial charge in [-0.05, 0) is 37.1 Å². The quantitative estimate of drug-likeness (QED) is 0.540. The van der Waals surface area contributed by atoms with Gasteiger partial charge in [-0.3, -0.25) is 9.59 Å². The largest absolute Gasteiger partial charge is 0.324 e. The number of carbonyl (C=O) groups is 2. The van der Waals surface area contributed by atoms with Crippen molar-refractivity contribution in [2.24, 2.45) is 5.10 Å². The van der Waals surface area contributed by atoms with Crippen LogP contribution in [-0.4, -0.2) is 17.5 Å². The molecule has 2 aromatic rings. The third kappa shape index (κ3) is 6.86. The Kier molecular flexibility index (Phi) is 7.63. The van der Waals surface area contributed by atoms with E-state index in [-0.39, 0.29) is 18.2 Å². The first kappa shape index (κ1) is 19.9. The molecule has 2 aromatic carbocycles. The number of rotatable bonds is 7. The molecule has 0 saturated heterocycles. The molecular weight excluding hydrogens is 373 g/mol. The molecular formula is C19H19Cl2N3O2. The molecule has 2 amide bonds. The second-order valence-electron chi connectivity index (χ2n) is 5.72. The Morgan fingerprint density at radius 2 is 1.77 bits per heavy atom. The lowest BCUT2D eigenvalue weighted by atomic mass is 10.1. The van der Waals surface area contributed by atoms with E-state index in [9.17, 15) is 9.59 Å². The van der Waals surface area contributed by atoms with Crippen molar-refractivity contribution in [3.05, 3.63) is 64.1 Å². The highest BCUT2D eigenvalue weighted by atomic mass is 35.5. The van der Waals surface area contributed by atoms with Gasteiger partial charge in [0.05, 0.1) is 17.1 Å². The fourth-order valence-corrected chi connectivity index (χ4v) is 2.51. The highest BCUT2D eigenvalue weighted by molar-refractivity contribution is 6.35. The molecule has 136 valence electrons. The van der Waals surface area contributed by atoms with E-state index in [1.54, 1.807) is 25.1 Å². The van der Waals surface area contributed by atoms with E-state index >= 15 is 0 Å². The van der Waals surface area contributed by atoms with Crippen LogP contribution in [0.5, 0.6) is 0 Å². The van der Waals surface area contributed by atoms with E-state index in [2.05, 4.69) is 15.8 Å². The predicted octanol–water partition coefficient (Wildman–Crippen LogP) is 4.45. The van der Waals surface area contributed by atoms with E-state index in [0.29, 0.717) is 34.3 Å². The lowest BCUT2D eigenvalue weighted by Gasteiger charge is -2.08. The van der Waals surface area contributed by atoms with Crippen LogP contribution in [0, 0.1) is 0 Å². The summed E-state index contributed by atoms with van der Waals surface area (Å²) in [5.74, 6) is -0.500. The maximum Gasteiger partial charge on any atom is 0.240 e. The van der Waals surface area contributed by atoms with Gasteiger partial charge >= 0.3 is 0 Å². The van der Waals surface area contributed by atoms with Crippen LogP contribution in [0.2, 0.25) is 10.0 Å². The van der Waals surface area contributed by atoms with Gasteiger partial charge in [0, 0.05) is 17.2 Å². The van der Waals surface area contributed by atoms with E-state index in [0.717, 1.165) is 5.56 Å². The normalized spacial score (nSPS) is 11.1. The van der Waals surface area contributed by atoms with Crippen molar-refractivity contribution in [3.63, 3.8) is 0 Å². The average Bonchev–Trinajstić information content (AvgIpc) is 2.62. The van der Waals surface area contributed by atoms with Gasteiger partial charge in [-0.15, -0.1) is 0 Å². The Morgan fingerprint density at radius 1 is 1.04 bits per heavy atom. The van der Waals surface area contributed by atoms with Crippen molar-refractivity contribution in [3.8, 4) is 0 Å². The summed E-state index contributed by atoms with van der Waals surface area (Å²) in [6.45, 7) is 1.66. The Morgan fingerprint density at radius 3 is 2.50 bits per heavy atom. The van der Waals surface area contributed by atoms with Crippen molar-refractivity contribution in [1.29, 1.82) is 0 Å². The molecule has 0 bridgehead atoms. The minimum atomic E-state index is -0.297. The SMILES string of the molecule is CC(CC(=O)Nc1cc(Cl)ccc1Cl)=NNC(=O)CCc1ccccc1. The Hall–Kier alpha value is -2.37. The second kappa shape index (κ2) is 9.94. The molecule has 26 heavy (non-hydrogen) atoms. The van der Waals surface area contributed by atoms with Crippen LogP contribution in [-0.2, 0) is 16.0 Å². The molecule has 5 nitrogen and oxygen atoms in total. The third-order valence-corrected chi connectivity index (χ3v) is 4.04. The number of halogens is 2. The van der Waals surface area contributed by atoms with Crippen molar-refractivity contribution < 1.29 is 9.59 Å². The van der Waals surface area contributed by atoms with E-state index in [4.69, 9.17) is 23.2 Å². The molecule has 0 aliphatic rings. The van der Waals surface area contributed by atoms with Gasteiger partial charge in [0.2, 0.25) is 11.8 Å². The van der Waals surface area contributed by atoms with E-state index < -0.39 is 0 Å². The first-order valence-electron chi connectivity index (χ1n) is 8.05. The van der Waals surface area contributed by atoms with Crippen LogP contribution in [0.15, 0.2) is 53.6 Å². The Balaban J connectivity index is 1.78. The zero-order valence-corrected chi connectivity index (χ0v) is 15.8. The molecule has 0 atom stereocenters. The zero-order chi connectivity index (χ0) is 18.9. The molecule has 0 aliphatic heterocycles. The molecule has 0 aliphatic carbocycles. The third-order valence-electron chi connectivity index (χ3n) is 3.47. The molecule has 0 saturated carbocycles.